The van der Waals surface area contributed by atoms with Gasteiger partial charge in [-0.3, -0.25) is 0 Å². The number of thioether (sulfide) groups is 1. The highest BCUT2D eigenvalue weighted by molar-refractivity contribution is 8.00. The van der Waals surface area contributed by atoms with Gasteiger partial charge in [-0.15, -0.1) is 0 Å². The minimum atomic E-state index is 0.594. The van der Waals surface area contributed by atoms with Gasteiger partial charge in [0, 0.05) is 29.7 Å². The lowest BCUT2D eigenvalue weighted by Gasteiger charge is -2.28. The van der Waals surface area contributed by atoms with Gasteiger partial charge in [-0.25, -0.2) is 0 Å². The summed E-state index contributed by atoms with van der Waals surface area (Å²) in [6.07, 6.45) is 0. The normalized spacial score (nSPS) is 20.1. The van der Waals surface area contributed by atoms with Crippen LogP contribution in [0.3, 0.4) is 0 Å². The minimum absolute atomic E-state index is 0.594. The van der Waals surface area contributed by atoms with Gasteiger partial charge >= 0.3 is 0 Å². The zero-order valence-electron chi connectivity index (χ0n) is 10.2. The van der Waals surface area contributed by atoms with Crippen LogP contribution in [0, 0.1) is 0 Å². The monoisotopic (exact) mass is 261 g/mol. The van der Waals surface area contributed by atoms with Crippen LogP contribution in [0.15, 0.2) is 34.9 Å². The molecule has 1 aromatic heterocycles. The quantitative estimate of drug-likeness (QED) is 0.831. The molecule has 0 N–H and O–H groups in total. The van der Waals surface area contributed by atoms with Crippen LogP contribution in [-0.4, -0.2) is 34.2 Å². The van der Waals surface area contributed by atoms with E-state index in [-0.39, 0.29) is 0 Å². The van der Waals surface area contributed by atoms with Crippen LogP contribution >= 0.6 is 11.8 Å². The number of hydrogen-bond acceptors (Lipinski definition) is 5. The summed E-state index contributed by atoms with van der Waals surface area (Å²) in [4.78, 5) is 6.67. The average Bonchev–Trinajstić information content (AvgIpc) is 2.89. The Morgan fingerprint density at radius 3 is 2.94 bits per heavy atom. The summed E-state index contributed by atoms with van der Waals surface area (Å²) in [6.45, 7) is 4.20. The third-order valence-corrected chi connectivity index (χ3v) is 4.10. The number of hydrogen-bond donors (Lipinski definition) is 0. The van der Waals surface area contributed by atoms with Gasteiger partial charge in [0.25, 0.3) is 11.8 Å². The summed E-state index contributed by atoms with van der Waals surface area (Å²) in [7, 11) is 0. The molecule has 5 heteroatoms. The maximum Gasteiger partial charge on any atom is 0.266 e. The Kier molecular flexibility index (Phi) is 3.23. The van der Waals surface area contributed by atoms with Gasteiger partial charge < -0.3 is 9.42 Å². The van der Waals surface area contributed by atoms with Crippen molar-refractivity contribution >= 4 is 17.7 Å². The topological polar surface area (TPSA) is 42.2 Å². The molecule has 94 valence electrons. The third kappa shape index (κ3) is 2.36. The van der Waals surface area contributed by atoms with E-state index in [1.165, 1.54) is 0 Å². The van der Waals surface area contributed by atoms with Crippen molar-refractivity contribution in [2.45, 2.75) is 12.2 Å². The molecule has 4 nitrogen and oxygen atoms in total. The zero-order chi connectivity index (χ0) is 12.4. The van der Waals surface area contributed by atoms with E-state index in [0.717, 1.165) is 24.4 Å². The van der Waals surface area contributed by atoms with Crippen LogP contribution in [-0.2, 0) is 0 Å². The molecular weight excluding hydrogens is 246 g/mol. The molecule has 0 bridgehead atoms. The molecule has 1 aromatic carbocycles. The molecule has 0 amide bonds. The van der Waals surface area contributed by atoms with Gasteiger partial charge in [0.2, 0.25) is 0 Å². The van der Waals surface area contributed by atoms with Crippen LogP contribution in [0.2, 0.25) is 0 Å². The number of rotatable bonds is 2. The van der Waals surface area contributed by atoms with Gasteiger partial charge in [-0.2, -0.15) is 16.7 Å². The summed E-state index contributed by atoms with van der Waals surface area (Å²) >= 11 is 1.99. The Morgan fingerprint density at radius 1 is 1.33 bits per heavy atom. The second-order valence-electron chi connectivity index (χ2n) is 4.39. The van der Waals surface area contributed by atoms with E-state index in [0.29, 0.717) is 17.1 Å². The number of aromatic nitrogens is 2. The number of nitrogens with zero attached hydrogens (tertiary/aromatic N) is 3. The molecule has 0 saturated carbocycles. The van der Waals surface area contributed by atoms with E-state index in [4.69, 9.17) is 4.52 Å². The first-order valence-electron chi connectivity index (χ1n) is 6.08. The summed E-state index contributed by atoms with van der Waals surface area (Å²) in [6, 6.07) is 9.87. The van der Waals surface area contributed by atoms with Gasteiger partial charge in [-0.05, 0) is 17.3 Å². The predicted octanol–water partition coefficient (Wildman–Crippen LogP) is 2.68. The van der Waals surface area contributed by atoms with Crippen molar-refractivity contribution in [2.75, 3.05) is 23.7 Å². The molecule has 1 atom stereocenters. The Balaban J connectivity index is 1.81. The smallest absolute Gasteiger partial charge is 0.266 e. The molecule has 0 spiro atoms. The zero-order valence-corrected chi connectivity index (χ0v) is 11.1. The van der Waals surface area contributed by atoms with E-state index in [9.17, 15) is 0 Å². The van der Waals surface area contributed by atoms with Crippen LogP contribution < -0.4 is 4.90 Å². The second kappa shape index (κ2) is 5.02. The lowest BCUT2D eigenvalue weighted by atomic mass is 10.2. The van der Waals surface area contributed by atoms with E-state index >= 15 is 0 Å². The van der Waals surface area contributed by atoms with E-state index in [1.807, 2.05) is 42.1 Å². The summed E-state index contributed by atoms with van der Waals surface area (Å²) in [5.41, 5.74) is 0.968. The maximum atomic E-state index is 5.33. The van der Waals surface area contributed by atoms with Gasteiger partial charge in [0.1, 0.15) is 0 Å². The molecule has 3 rings (SSSR count). The van der Waals surface area contributed by atoms with E-state index < -0.39 is 0 Å². The lowest BCUT2D eigenvalue weighted by molar-refractivity contribution is 0.429. The lowest BCUT2D eigenvalue weighted by Crippen LogP contribution is -2.37. The fourth-order valence-electron chi connectivity index (χ4n) is 2.04. The van der Waals surface area contributed by atoms with Crippen LogP contribution in [0.5, 0.6) is 0 Å². The van der Waals surface area contributed by atoms with E-state index in [1.54, 1.807) is 0 Å². The molecule has 0 radical (unpaired) electrons. The van der Waals surface area contributed by atoms with Gasteiger partial charge in [-0.1, -0.05) is 25.1 Å². The number of anilines is 1. The summed E-state index contributed by atoms with van der Waals surface area (Å²) in [5, 5.41) is 4.70. The summed E-state index contributed by atoms with van der Waals surface area (Å²) in [5.74, 6) is 2.42. The number of benzene rings is 1. The highest BCUT2D eigenvalue weighted by atomic mass is 32.2. The molecule has 1 saturated heterocycles. The molecular formula is C13H15N3OS. The van der Waals surface area contributed by atoms with Crippen LogP contribution in [0.1, 0.15) is 6.92 Å². The van der Waals surface area contributed by atoms with E-state index in [2.05, 4.69) is 22.0 Å². The van der Waals surface area contributed by atoms with Crippen molar-refractivity contribution in [2.24, 2.45) is 0 Å². The average molecular weight is 261 g/mol. The molecule has 1 aliphatic heterocycles. The Hall–Kier alpha value is -1.49. The Bertz CT molecular complexity index is 514. The Morgan fingerprint density at radius 2 is 2.17 bits per heavy atom. The largest absolute Gasteiger partial charge is 0.336 e. The van der Waals surface area contributed by atoms with Crippen molar-refractivity contribution in [3.63, 3.8) is 0 Å². The molecule has 2 aromatic rings. The SMILES string of the molecule is CC1CN(c2noc(-c3ccccc3)n2)CCS1. The minimum Gasteiger partial charge on any atom is -0.336 e. The van der Waals surface area contributed by atoms with Crippen molar-refractivity contribution < 1.29 is 4.52 Å². The van der Waals surface area contributed by atoms with Crippen molar-refractivity contribution in [1.29, 1.82) is 0 Å². The first-order chi connectivity index (χ1) is 8.83. The van der Waals surface area contributed by atoms with Gasteiger partial charge in [0.05, 0.1) is 0 Å². The molecule has 1 unspecified atom stereocenters. The molecule has 18 heavy (non-hydrogen) atoms. The van der Waals surface area contributed by atoms with Crippen molar-refractivity contribution in [3.8, 4) is 11.5 Å². The first-order valence-corrected chi connectivity index (χ1v) is 7.13. The molecule has 2 heterocycles. The Labute approximate surface area is 110 Å². The maximum absolute atomic E-state index is 5.33. The van der Waals surface area contributed by atoms with Gasteiger partial charge in [0.15, 0.2) is 0 Å². The fraction of sp³-hybridized carbons (Fsp3) is 0.385. The first kappa shape index (κ1) is 11.6. The molecule has 1 fully saturated rings. The van der Waals surface area contributed by atoms with Crippen molar-refractivity contribution in [1.82, 2.24) is 10.1 Å². The second-order valence-corrected chi connectivity index (χ2v) is 5.94. The highest BCUT2D eigenvalue weighted by Gasteiger charge is 2.21. The summed E-state index contributed by atoms with van der Waals surface area (Å²) < 4.78 is 5.33. The fourth-order valence-corrected chi connectivity index (χ4v) is 3.06. The molecule has 1 aliphatic rings. The van der Waals surface area contributed by atoms with Crippen molar-refractivity contribution in [3.05, 3.63) is 30.3 Å². The van der Waals surface area contributed by atoms with Crippen LogP contribution in [0.4, 0.5) is 5.95 Å². The standard InChI is InChI=1S/C13H15N3OS/c1-10-9-16(7-8-18-10)13-14-12(17-15-13)11-5-3-2-4-6-11/h2-6,10H,7-9H2,1H3. The predicted molar refractivity (Wildman–Crippen MR) is 73.9 cm³/mol. The van der Waals surface area contributed by atoms with Crippen LogP contribution in [0.25, 0.3) is 11.5 Å². The molecule has 0 aliphatic carbocycles. The highest BCUT2D eigenvalue weighted by Crippen LogP contribution is 2.24. The third-order valence-electron chi connectivity index (χ3n) is 2.96.